The van der Waals surface area contributed by atoms with Crippen LogP contribution in [0, 0.1) is 0 Å². The Morgan fingerprint density at radius 2 is 1.76 bits per heavy atom. The van der Waals surface area contributed by atoms with Crippen LogP contribution in [0.2, 0.25) is 0 Å². The Morgan fingerprint density at radius 3 is 2.45 bits per heavy atom. The molecule has 0 bridgehead atoms. The number of ether oxygens (including phenoxy) is 2. The van der Waals surface area contributed by atoms with Crippen molar-refractivity contribution in [3.63, 3.8) is 0 Å². The van der Waals surface area contributed by atoms with Gasteiger partial charge in [0.2, 0.25) is 0 Å². The topological polar surface area (TPSA) is 88.3 Å². The molecule has 3 N–H and O–H groups in total. The Kier molecular flexibility index (Phi) is 10.9. The number of amides is 2. The van der Waals surface area contributed by atoms with Crippen LogP contribution in [0.15, 0.2) is 54.6 Å². The molecule has 0 saturated carbocycles. The second kappa shape index (κ2) is 13.1. The Balaban J connectivity index is 0.00000177. The maximum atomic E-state index is 12.4. The van der Waals surface area contributed by atoms with Crippen molar-refractivity contribution in [2.75, 3.05) is 25.6 Å². The summed E-state index contributed by atoms with van der Waals surface area (Å²) in [5.41, 5.74) is 2.86. The largest absolute Gasteiger partial charge is 0.573 e. The number of halogens is 3. The summed E-state index contributed by atoms with van der Waals surface area (Å²) in [6, 6.07) is 14.0. The summed E-state index contributed by atoms with van der Waals surface area (Å²) < 4.78 is 46.1. The van der Waals surface area contributed by atoms with Gasteiger partial charge in [0.1, 0.15) is 5.75 Å². The normalized spacial score (nSPS) is 10.4. The highest BCUT2D eigenvalue weighted by Crippen LogP contribution is 2.29. The SMILES string of the molecule is C.CC.COCCNC(=O)Nc1cccc(-c2cc(-c3cccc(OC(F)(F)F)c3)[nH]n2)c1. The fourth-order valence-electron chi connectivity index (χ4n) is 2.68. The van der Waals surface area contributed by atoms with Gasteiger partial charge in [0.15, 0.2) is 0 Å². The third kappa shape index (κ3) is 8.85. The molecule has 3 aromatic rings. The molecular weight excluding hydrogens is 437 g/mol. The number of carbonyl (C=O) groups excluding carboxylic acids is 1. The molecule has 7 nitrogen and oxygen atoms in total. The van der Waals surface area contributed by atoms with Gasteiger partial charge in [-0.05, 0) is 30.3 Å². The lowest BCUT2D eigenvalue weighted by Crippen LogP contribution is -2.31. The summed E-state index contributed by atoms with van der Waals surface area (Å²) in [4.78, 5) is 11.9. The summed E-state index contributed by atoms with van der Waals surface area (Å²) in [5.74, 6) is -0.318. The number of hydrogen-bond acceptors (Lipinski definition) is 4. The quantitative estimate of drug-likeness (QED) is 0.369. The van der Waals surface area contributed by atoms with Crippen LogP contribution in [0.1, 0.15) is 21.3 Å². The van der Waals surface area contributed by atoms with Gasteiger partial charge in [-0.15, -0.1) is 13.2 Å². The Bertz CT molecular complexity index is 1010. The van der Waals surface area contributed by atoms with Crippen molar-refractivity contribution in [2.24, 2.45) is 0 Å². The van der Waals surface area contributed by atoms with E-state index in [1.807, 2.05) is 13.8 Å². The minimum atomic E-state index is -4.76. The Labute approximate surface area is 191 Å². The maximum absolute atomic E-state index is 12.4. The first-order valence-electron chi connectivity index (χ1n) is 9.90. The minimum Gasteiger partial charge on any atom is -0.406 e. The van der Waals surface area contributed by atoms with Gasteiger partial charge in [0.05, 0.1) is 18.0 Å². The maximum Gasteiger partial charge on any atom is 0.573 e. The smallest absolute Gasteiger partial charge is 0.406 e. The Hall–Kier alpha value is -3.53. The number of carbonyl (C=O) groups is 1. The molecule has 2 aromatic carbocycles. The number of hydrogen-bond donors (Lipinski definition) is 3. The van der Waals surface area contributed by atoms with Crippen LogP contribution in [-0.2, 0) is 4.74 Å². The van der Waals surface area contributed by atoms with Crippen LogP contribution >= 0.6 is 0 Å². The number of nitrogens with one attached hydrogen (secondary N) is 3. The lowest BCUT2D eigenvalue weighted by atomic mass is 10.1. The average Bonchev–Trinajstić information content (AvgIpc) is 3.25. The first-order chi connectivity index (χ1) is 15.3. The predicted octanol–water partition coefficient (Wildman–Crippen LogP) is 6.07. The van der Waals surface area contributed by atoms with Gasteiger partial charge in [0.25, 0.3) is 0 Å². The molecule has 180 valence electrons. The van der Waals surface area contributed by atoms with Crippen molar-refractivity contribution in [1.29, 1.82) is 0 Å². The van der Waals surface area contributed by atoms with Gasteiger partial charge in [-0.3, -0.25) is 5.10 Å². The number of methoxy groups -OCH3 is 1. The van der Waals surface area contributed by atoms with Crippen molar-refractivity contribution in [3.8, 4) is 28.3 Å². The van der Waals surface area contributed by atoms with Gasteiger partial charge in [0, 0.05) is 30.5 Å². The fraction of sp³-hybridized carbons (Fsp3) is 0.304. The van der Waals surface area contributed by atoms with Crippen molar-refractivity contribution in [2.45, 2.75) is 27.6 Å². The average molecular weight is 467 g/mol. The van der Waals surface area contributed by atoms with Gasteiger partial charge in [-0.2, -0.15) is 5.10 Å². The number of anilines is 1. The van der Waals surface area contributed by atoms with Crippen molar-refractivity contribution >= 4 is 11.7 Å². The second-order valence-electron chi connectivity index (χ2n) is 6.20. The van der Waals surface area contributed by atoms with Crippen LogP contribution in [0.4, 0.5) is 23.7 Å². The molecule has 0 aliphatic rings. The summed E-state index contributed by atoms with van der Waals surface area (Å²) in [7, 11) is 1.54. The second-order valence-corrected chi connectivity index (χ2v) is 6.20. The third-order valence-electron chi connectivity index (χ3n) is 3.96. The number of rotatable bonds is 7. The van der Waals surface area contributed by atoms with Gasteiger partial charge in [-0.25, -0.2) is 4.79 Å². The van der Waals surface area contributed by atoms with Crippen molar-refractivity contribution < 1.29 is 27.4 Å². The number of urea groups is 1. The molecular formula is C23H29F3N4O3. The van der Waals surface area contributed by atoms with Gasteiger partial charge >= 0.3 is 12.4 Å². The van der Waals surface area contributed by atoms with Crippen LogP contribution in [0.5, 0.6) is 5.75 Å². The molecule has 0 saturated heterocycles. The van der Waals surface area contributed by atoms with Crippen LogP contribution < -0.4 is 15.4 Å². The van der Waals surface area contributed by atoms with E-state index >= 15 is 0 Å². The van der Waals surface area contributed by atoms with Crippen LogP contribution in [0.3, 0.4) is 0 Å². The zero-order chi connectivity index (χ0) is 23.6. The molecule has 0 atom stereocenters. The highest BCUT2D eigenvalue weighted by molar-refractivity contribution is 5.90. The first-order valence-corrected chi connectivity index (χ1v) is 9.90. The number of alkyl halides is 3. The molecule has 0 radical (unpaired) electrons. The van der Waals surface area contributed by atoms with E-state index in [1.165, 1.54) is 18.2 Å². The predicted molar refractivity (Wildman–Crippen MR) is 123 cm³/mol. The van der Waals surface area contributed by atoms with Crippen molar-refractivity contribution in [3.05, 3.63) is 54.6 Å². The van der Waals surface area contributed by atoms with Gasteiger partial charge in [-0.1, -0.05) is 45.5 Å². The monoisotopic (exact) mass is 466 g/mol. The number of aromatic nitrogens is 2. The number of nitrogens with zero attached hydrogens (tertiary/aromatic N) is 1. The minimum absolute atomic E-state index is 0. The van der Waals surface area contributed by atoms with E-state index < -0.39 is 6.36 Å². The molecule has 0 spiro atoms. The molecule has 0 fully saturated rings. The Morgan fingerprint density at radius 1 is 1.06 bits per heavy atom. The zero-order valence-corrected chi connectivity index (χ0v) is 17.9. The number of H-pyrrole nitrogens is 1. The third-order valence-corrected chi connectivity index (χ3v) is 3.96. The number of benzene rings is 2. The lowest BCUT2D eigenvalue weighted by Gasteiger charge is -2.09. The van der Waals surface area contributed by atoms with Crippen LogP contribution in [-0.4, -0.2) is 42.9 Å². The molecule has 33 heavy (non-hydrogen) atoms. The molecule has 1 aromatic heterocycles. The standard InChI is InChI=1S/C20H19F3N4O3.C2H6.CH4/c1-29-9-8-24-19(28)25-15-6-2-4-13(10-15)17-12-18(27-26-17)14-5-3-7-16(11-14)30-20(21,22)23;1-2;/h2-7,10-12H,8-9H2,1H3,(H,26,27)(H2,24,25,28);1-2H3;1H4. The molecule has 0 aliphatic carbocycles. The first kappa shape index (κ1) is 27.5. The summed E-state index contributed by atoms with van der Waals surface area (Å²) >= 11 is 0. The highest BCUT2D eigenvalue weighted by atomic mass is 19.4. The van der Waals surface area contributed by atoms with E-state index in [1.54, 1.807) is 43.5 Å². The fourth-order valence-corrected chi connectivity index (χ4v) is 2.68. The summed E-state index contributed by atoms with van der Waals surface area (Å²) in [6.45, 7) is 4.78. The molecule has 1 heterocycles. The van der Waals surface area contributed by atoms with Gasteiger partial charge < -0.3 is 20.1 Å². The van der Waals surface area contributed by atoms with E-state index in [4.69, 9.17) is 4.74 Å². The molecule has 0 unspecified atom stereocenters. The molecule has 10 heteroatoms. The van der Waals surface area contributed by atoms with Crippen LogP contribution in [0.25, 0.3) is 22.5 Å². The summed E-state index contributed by atoms with van der Waals surface area (Å²) in [6.07, 6.45) is -4.76. The molecule has 2 amide bonds. The van der Waals surface area contributed by atoms with E-state index in [2.05, 4.69) is 25.6 Å². The summed E-state index contributed by atoms with van der Waals surface area (Å²) in [5, 5.41) is 12.4. The highest BCUT2D eigenvalue weighted by Gasteiger charge is 2.31. The molecule has 3 rings (SSSR count). The van der Waals surface area contributed by atoms with E-state index in [0.717, 1.165) is 5.56 Å². The molecule has 0 aliphatic heterocycles. The van der Waals surface area contributed by atoms with E-state index in [0.29, 0.717) is 35.8 Å². The zero-order valence-electron chi connectivity index (χ0n) is 17.9. The van der Waals surface area contributed by atoms with E-state index in [9.17, 15) is 18.0 Å². The lowest BCUT2D eigenvalue weighted by molar-refractivity contribution is -0.274. The van der Waals surface area contributed by atoms with Crippen molar-refractivity contribution in [1.82, 2.24) is 15.5 Å². The van der Waals surface area contributed by atoms with E-state index in [-0.39, 0.29) is 19.2 Å². The number of aromatic amines is 1.